The number of hydrogen-bond donors (Lipinski definition) is 1. The van der Waals surface area contributed by atoms with Gasteiger partial charge in [0, 0.05) is 6.04 Å². The molecule has 4 nitrogen and oxygen atoms in total. The van der Waals surface area contributed by atoms with Crippen LogP contribution in [-0.4, -0.2) is 32.3 Å². The summed E-state index contributed by atoms with van der Waals surface area (Å²) in [6, 6.07) is 4.54. The van der Waals surface area contributed by atoms with Gasteiger partial charge in [-0.05, 0) is 63.2 Å². The Balaban J connectivity index is 2.31. The van der Waals surface area contributed by atoms with Crippen LogP contribution in [0.5, 0.6) is 11.5 Å². The van der Waals surface area contributed by atoms with Crippen LogP contribution in [0.25, 0.3) is 0 Å². The van der Waals surface area contributed by atoms with Gasteiger partial charge in [-0.3, -0.25) is 0 Å². The van der Waals surface area contributed by atoms with Crippen LogP contribution in [0.4, 0.5) is 0 Å². The molecule has 0 spiro atoms. The predicted molar refractivity (Wildman–Crippen MR) is 76.6 cm³/mol. The molecule has 2 atom stereocenters. The van der Waals surface area contributed by atoms with E-state index in [-0.39, 0.29) is 0 Å². The number of aryl methyl sites for hydroxylation is 1. The van der Waals surface area contributed by atoms with Crippen molar-refractivity contribution in [1.29, 1.82) is 0 Å². The minimum Gasteiger partial charge on any atom is -0.454 e. The van der Waals surface area contributed by atoms with Gasteiger partial charge in [-0.25, -0.2) is 0 Å². The van der Waals surface area contributed by atoms with E-state index in [9.17, 15) is 0 Å². The van der Waals surface area contributed by atoms with E-state index in [1.54, 1.807) is 0 Å². The summed E-state index contributed by atoms with van der Waals surface area (Å²) >= 11 is 0. The predicted octanol–water partition coefficient (Wildman–Crippen LogP) is 2.31. The fourth-order valence-corrected chi connectivity index (χ4v) is 2.51. The number of nitrogens with zero attached hydrogens (tertiary/aromatic N) is 1. The zero-order valence-electron chi connectivity index (χ0n) is 12.3. The fraction of sp³-hybridized carbons (Fsp3) is 0.600. The van der Waals surface area contributed by atoms with Gasteiger partial charge in [0.05, 0.1) is 0 Å². The molecule has 106 valence electrons. The molecule has 0 saturated carbocycles. The highest BCUT2D eigenvalue weighted by molar-refractivity contribution is 5.49. The van der Waals surface area contributed by atoms with Gasteiger partial charge >= 0.3 is 0 Å². The van der Waals surface area contributed by atoms with Crippen molar-refractivity contribution in [1.82, 2.24) is 4.90 Å². The van der Waals surface area contributed by atoms with Crippen molar-refractivity contribution in [3.63, 3.8) is 0 Å². The summed E-state index contributed by atoms with van der Waals surface area (Å²) in [5.74, 6) is 2.20. The van der Waals surface area contributed by atoms with Crippen LogP contribution in [0.1, 0.15) is 30.5 Å². The molecule has 1 aromatic rings. The number of hydrogen-bond acceptors (Lipinski definition) is 4. The molecule has 0 fully saturated rings. The smallest absolute Gasteiger partial charge is 0.231 e. The minimum absolute atomic E-state index is 0.323. The first kappa shape index (κ1) is 14.2. The van der Waals surface area contributed by atoms with Crippen molar-refractivity contribution >= 4 is 0 Å². The second-order valence-corrected chi connectivity index (χ2v) is 5.62. The Labute approximate surface area is 115 Å². The second-order valence-electron chi connectivity index (χ2n) is 5.62. The molecular formula is C15H24N2O2. The van der Waals surface area contributed by atoms with Crippen molar-refractivity contribution in [2.75, 3.05) is 27.4 Å². The van der Waals surface area contributed by atoms with Crippen LogP contribution in [-0.2, 0) is 0 Å². The molecule has 1 aliphatic heterocycles. The molecule has 1 heterocycles. The summed E-state index contributed by atoms with van der Waals surface area (Å²) in [7, 11) is 4.22. The zero-order valence-corrected chi connectivity index (χ0v) is 12.3. The first-order chi connectivity index (χ1) is 9.02. The van der Waals surface area contributed by atoms with Gasteiger partial charge in [0.2, 0.25) is 6.79 Å². The van der Waals surface area contributed by atoms with E-state index in [2.05, 4.69) is 45.0 Å². The average molecular weight is 264 g/mol. The third-order valence-corrected chi connectivity index (χ3v) is 3.77. The van der Waals surface area contributed by atoms with Crippen molar-refractivity contribution in [3.8, 4) is 11.5 Å². The van der Waals surface area contributed by atoms with Gasteiger partial charge < -0.3 is 20.1 Å². The lowest BCUT2D eigenvalue weighted by Gasteiger charge is -2.28. The van der Waals surface area contributed by atoms with Crippen LogP contribution < -0.4 is 15.2 Å². The van der Waals surface area contributed by atoms with Crippen LogP contribution in [0, 0.1) is 12.8 Å². The first-order valence-corrected chi connectivity index (χ1v) is 6.79. The maximum absolute atomic E-state index is 5.76. The van der Waals surface area contributed by atoms with Crippen LogP contribution in [0.15, 0.2) is 12.1 Å². The number of rotatable bonds is 5. The lowest BCUT2D eigenvalue weighted by molar-refractivity contribution is 0.173. The molecule has 2 rings (SSSR count). The highest BCUT2D eigenvalue weighted by Crippen LogP contribution is 2.38. The molecule has 0 bridgehead atoms. The molecule has 1 aromatic carbocycles. The third-order valence-electron chi connectivity index (χ3n) is 3.77. The molecule has 0 saturated heterocycles. The molecule has 0 aromatic heterocycles. The van der Waals surface area contributed by atoms with Gasteiger partial charge in [0.25, 0.3) is 0 Å². The van der Waals surface area contributed by atoms with Crippen molar-refractivity contribution < 1.29 is 9.47 Å². The first-order valence-electron chi connectivity index (χ1n) is 6.79. The summed E-state index contributed by atoms with van der Waals surface area (Å²) in [5.41, 5.74) is 8.31. The SMILES string of the molecule is Cc1cc2c(cc1C(CC(C)CN)N(C)C)OCO2. The average Bonchev–Trinajstić information content (AvgIpc) is 2.81. The lowest BCUT2D eigenvalue weighted by Crippen LogP contribution is -2.25. The molecule has 2 N–H and O–H groups in total. The molecule has 4 heteroatoms. The highest BCUT2D eigenvalue weighted by Gasteiger charge is 2.23. The monoisotopic (exact) mass is 264 g/mol. The number of nitrogens with two attached hydrogens (primary N) is 1. The molecule has 0 aliphatic carbocycles. The number of ether oxygens (including phenoxy) is 2. The van der Waals surface area contributed by atoms with E-state index in [0.717, 1.165) is 17.9 Å². The zero-order chi connectivity index (χ0) is 14.0. The molecule has 19 heavy (non-hydrogen) atoms. The Bertz CT molecular complexity index is 446. The molecular weight excluding hydrogens is 240 g/mol. The Morgan fingerprint density at radius 1 is 1.26 bits per heavy atom. The van der Waals surface area contributed by atoms with E-state index >= 15 is 0 Å². The van der Waals surface area contributed by atoms with Crippen molar-refractivity contribution in [2.45, 2.75) is 26.3 Å². The Kier molecular flexibility index (Phi) is 4.32. The van der Waals surface area contributed by atoms with E-state index in [1.165, 1.54) is 11.1 Å². The maximum atomic E-state index is 5.76. The Hall–Kier alpha value is -1.26. The largest absolute Gasteiger partial charge is 0.454 e. The Morgan fingerprint density at radius 2 is 1.89 bits per heavy atom. The van der Waals surface area contributed by atoms with Crippen molar-refractivity contribution in [3.05, 3.63) is 23.3 Å². The van der Waals surface area contributed by atoms with Gasteiger partial charge in [-0.2, -0.15) is 0 Å². The minimum atomic E-state index is 0.323. The molecule has 0 radical (unpaired) electrons. The third kappa shape index (κ3) is 3.01. The second kappa shape index (κ2) is 5.80. The van der Waals surface area contributed by atoms with E-state index in [0.29, 0.717) is 25.3 Å². The summed E-state index contributed by atoms with van der Waals surface area (Å²) in [6.07, 6.45) is 1.05. The van der Waals surface area contributed by atoms with Gasteiger partial charge in [0.15, 0.2) is 11.5 Å². The van der Waals surface area contributed by atoms with Crippen LogP contribution in [0.2, 0.25) is 0 Å². The van der Waals surface area contributed by atoms with Crippen LogP contribution in [0.3, 0.4) is 0 Å². The fourth-order valence-electron chi connectivity index (χ4n) is 2.51. The van der Waals surface area contributed by atoms with E-state index < -0.39 is 0 Å². The van der Waals surface area contributed by atoms with Crippen LogP contribution >= 0.6 is 0 Å². The number of fused-ring (bicyclic) bond motifs is 1. The highest BCUT2D eigenvalue weighted by atomic mass is 16.7. The van der Waals surface area contributed by atoms with Crippen molar-refractivity contribution in [2.24, 2.45) is 11.7 Å². The maximum Gasteiger partial charge on any atom is 0.231 e. The summed E-state index contributed by atoms with van der Waals surface area (Å²) in [5, 5.41) is 0. The lowest BCUT2D eigenvalue weighted by atomic mass is 9.92. The van der Waals surface area contributed by atoms with Gasteiger partial charge in [0.1, 0.15) is 0 Å². The summed E-state index contributed by atoms with van der Waals surface area (Å²) in [6.45, 7) is 5.36. The summed E-state index contributed by atoms with van der Waals surface area (Å²) < 4.78 is 10.9. The molecule has 0 amide bonds. The topological polar surface area (TPSA) is 47.7 Å². The number of benzene rings is 1. The van der Waals surface area contributed by atoms with Gasteiger partial charge in [-0.1, -0.05) is 6.92 Å². The molecule has 1 aliphatic rings. The Morgan fingerprint density at radius 3 is 2.47 bits per heavy atom. The van der Waals surface area contributed by atoms with Gasteiger partial charge in [-0.15, -0.1) is 0 Å². The quantitative estimate of drug-likeness (QED) is 0.886. The summed E-state index contributed by atoms with van der Waals surface area (Å²) in [4.78, 5) is 2.25. The molecule has 2 unspecified atom stereocenters. The standard InChI is InChI=1S/C15H24N2O2/c1-10(8-16)5-13(17(3)4)12-7-15-14(6-11(12)2)18-9-19-15/h6-7,10,13H,5,8-9,16H2,1-4H3. The van der Waals surface area contributed by atoms with E-state index in [4.69, 9.17) is 15.2 Å². The normalized spacial score (nSPS) is 16.7. The van der Waals surface area contributed by atoms with E-state index in [1.807, 2.05) is 0 Å².